The maximum absolute atomic E-state index is 12.5. The fourth-order valence-electron chi connectivity index (χ4n) is 2.42. The SMILES string of the molecule is COc1cc(Cn2cnc3ccccc3c2=O)ccc1SC(F)F. The van der Waals surface area contributed by atoms with Gasteiger partial charge in [0.15, 0.2) is 0 Å². The van der Waals surface area contributed by atoms with E-state index in [2.05, 4.69) is 4.98 Å². The summed E-state index contributed by atoms with van der Waals surface area (Å²) < 4.78 is 31.7. The molecule has 2 aromatic carbocycles. The van der Waals surface area contributed by atoms with E-state index >= 15 is 0 Å². The predicted molar refractivity (Wildman–Crippen MR) is 90.0 cm³/mol. The van der Waals surface area contributed by atoms with Crippen LogP contribution in [0.1, 0.15) is 5.56 Å². The number of rotatable bonds is 5. The lowest BCUT2D eigenvalue weighted by molar-refractivity contribution is 0.251. The van der Waals surface area contributed by atoms with Crippen LogP contribution < -0.4 is 10.3 Å². The van der Waals surface area contributed by atoms with Crippen LogP contribution in [0, 0.1) is 0 Å². The third-order valence-corrected chi connectivity index (χ3v) is 4.30. The molecule has 4 nitrogen and oxygen atoms in total. The Morgan fingerprint density at radius 3 is 2.79 bits per heavy atom. The van der Waals surface area contributed by atoms with Crippen molar-refractivity contribution < 1.29 is 13.5 Å². The average molecular weight is 348 g/mol. The Balaban J connectivity index is 1.94. The zero-order valence-electron chi connectivity index (χ0n) is 12.8. The molecule has 0 aliphatic carbocycles. The molecule has 3 rings (SSSR count). The number of halogens is 2. The van der Waals surface area contributed by atoms with E-state index in [0.717, 1.165) is 5.56 Å². The number of thioether (sulfide) groups is 1. The number of methoxy groups -OCH3 is 1. The quantitative estimate of drug-likeness (QED) is 0.659. The van der Waals surface area contributed by atoms with Crippen LogP contribution in [0.25, 0.3) is 10.9 Å². The highest BCUT2D eigenvalue weighted by atomic mass is 32.2. The van der Waals surface area contributed by atoms with E-state index in [1.807, 2.05) is 6.07 Å². The summed E-state index contributed by atoms with van der Waals surface area (Å²) in [5, 5.41) is 0.539. The van der Waals surface area contributed by atoms with Gasteiger partial charge >= 0.3 is 0 Å². The van der Waals surface area contributed by atoms with Crippen molar-refractivity contribution in [1.29, 1.82) is 0 Å². The Morgan fingerprint density at radius 1 is 1.25 bits per heavy atom. The molecule has 0 unspecified atom stereocenters. The molecule has 0 spiro atoms. The molecule has 0 aliphatic rings. The van der Waals surface area contributed by atoms with E-state index in [-0.39, 0.29) is 12.1 Å². The van der Waals surface area contributed by atoms with Crippen LogP contribution >= 0.6 is 11.8 Å². The van der Waals surface area contributed by atoms with Crippen LogP contribution in [0.2, 0.25) is 0 Å². The van der Waals surface area contributed by atoms with Crippen molar-refractivity contribution in [2.24, 2.45) is 0 Å². The maximum Gasteiger partial charge on any atom is 0.289 e. The van der Waals surface area contributed by atoms with Crippen LogP contribution in [-0.4, -0.2) is 22.4 Å². The minimum atomic E-state index is -2.52. The van der Waals surface area contributed by atoms with Crippen LogP contribution in [-0.2, 0) is 6.54 Å². The molecule has 3 aromatic rings. The van der Waals surface area contributed by atoms with Crippen molar-refractivity contribution in [3.8, 4) is 5.75 Å². The Labute approximate surface area is 141 Å². The Bertz CT molecular complexity index is 928. The molecule has 0 saturated carbocycles. The van der Waals surface area contributed by atoms with Crippen molar-refractivity contribution in [2.45, 2.75) is 17.2 Å². The molecule has 0 saturated heterocycles. The second-order valence-electron chi connectivity index (χ2n) is 5.06. The number of alkyl halides is 2. The lowest BCUT2D eigenvalue weighted by atomic mass is 10.2. The zero-order valence-corrected chi connectivity index (χ0v) is 13.6. The Morgan fingerprint density at radius 2 is 2.04 bits per heavy atom. The summed E-state index contributed by atoms with van der Waals surface area (Å²) in [7, 11) is 1.43. The second kappa shape index (κ2) is 7.00. The predicted octanol–water partition coefficient (Wildman–Crippen LogP) is 3.77. The highest BCUT2D eigenvalue weighted by molar-refractivity contribution is 7.99. The highest BCUT2D eigenvalue weighted by Crippen LogP contribution is 2.34. The lowest BCUT2D eigenvalue weighted by Gasteiger charge is -2.11. The number of hydrogen-bond donors (Lipinski definition) is 0. The summed E-state index contributed by atoms with van der Waals surface area (Å²) >= 11 is 0.430. The van der Waals surface area contributed by atoms with Gasteiger partial charge in [-0.2, -0.15) is 8.78 Å². The highest BCUT2D eigenvalue weighted by Gasteiger charge is 2.12. The monoisotopic (exact) mass is 348 g/mol. The van der Waals surface area contributed by atoms with Gasteiger partial charge in [-0.05, 0) is 29.8 Å². The molecule has 0 radical (unpaired) electrons. The molecule has 7 heteroatoms. The van der Waals surface area contributed by atoms with Crippen molar-refractivity contribution in [2.75, 3.05) is 7.11 Å². The molecule has 1 heterocycles. The van der Waals surface area contributed by atoms with Crippen LogP contribution in [0.5, 0.6) is 5.75 Å². The van der Waals surface area contributed by atoms with Gasteiger partial charge in [-0.3, -0.25) is 9.36 Å². The first-order chi connectivity index (χ1) is 11.6. The number of aromatic nitrogens is 2. The van der Waals surface area contributed by atoms with E-state index in [9.17, 15) is 13.6 Å². The summed E-state index contributed by atoms with van der Waals surface area (Å²) in [5.74, 6) is -2.16. The fourth-order valence-corrected chi connectivity index (χ4v) is 3.02. The number of hydrogen-bond acceptors (Lipinski definition) is 4. The molecule has 124 valence electrons. The van der Waals surface area contributed by atoms with Crippen LogP contribution in [0.15, 0.2) is 58.5 Å². The largest absolute Gasteiger partial charge is 0.496 e. The van der Waals surface area contributed by atoms with E-state index in [1.165, 1.54) is 18.0 Å². The number of para-hydroxylation sites is 1. The molecule has 1 aromatic heterocycles. The molecule has 0 aliphatic heterocycles. The number of ether oxygens (including phenoxy) is 1. The number of nitrogens with zero attached hydrogens (tertiary/aromatic N) is 2. The van der Waals surface area contributed by atoms with Gasteiger partial charge in [-0.25, -0.2) is 4.98 Å². The third kappa shape index (κ3) is 3.41. The average Bonchev–Trinajstić information content (AvgIpc) is 2.58. The maximum atomic E-state index is 12.5. The molecule has 24 heavy (non-hydrogen) atoms. The van der Waals surface area contributed by atoms with Gasteiger partial charge in [0.2, 0.25) is 0 Å². The summed E-state index contributed by atoms with van der Waals surface area (Å²) in [6.07, 6.45) is 1.49. The van der Waals surface area contributed by atoms with Crippen molar-refractivity contribution in [1.82, 2.24) is 9.55 Å². The molecular formula is C17H14F2N2O2S. The summed E-state index contributed by atoms with van der Waals surface area (Å²) in [6.45, 7) is 0.284. The van der Waals surface area contributed by atoms with Gasteiger partial charge in [0.25, 0.3) is 11.3 Å². The molecule has 0 fully saturated rings. The normalized spacial score (nSPS) is 11.2. The molecular weight excluding hydrogens is 334 g/mol. The topological polar surface area (TPSA) is 44.1 Å². The zero-order chi connectivity index (χ0) is 17.1. The summed E-state index contributed by atoms with van der Waals surface area (Å²) in [5.41, 5.74) is 1.26. The first-order valence-electron chi connectivity index (χ1n) is 7.14. The van der Waals surface area contributed by atoms with E-state index in [0.29, 0.717) is 33.3 Å². The van der Waals surface area contributed by atoms with Crippen molar-refractivity contribution in [3.63, 3.8) is 0 Å². The Hall–Kier alpha value is -2.41. The first-order valence-corrected chi connectivity index (χ1v) is 8.02. The van der Waals surface area contributed by atoms with Gasteiger partial charge in [-0.1, -0.05) is 30.0 Å². The van der Waals surface area contributed by atoms with Gasteiger partial charge in [0.05, 0.1) is 35.8 Å². The summed E-state index contributed by atoms with van der Waals surface area (Å²) in [6, 6.07) is 12.1. The van der Waals surface area contributed by atoms with Crippen LogP contribution in [0.4, 0.5) is 8.78 Å². The smallest absolute Gasteiger partial charge is 0.289 e. The molecule has 0 N–H and O–H groups in total. The molecule has 0 amide bonds. The van der Waals surface area contributed by atoms with Crippen molar-refractivity contribution in [3.05, 3.63) is 64.7 Å². The minimum absolute atomic E-state index is 0.148. The van der Waals surface area contributed by atoms with Gasteiger partial charge in [-0.15, -0.1) is 0 Å². The summed E-state index contributed by atoms with van der Waals surface area (Å²) in [4.78, 5) is 17.1. The molecule has 0 atom stereocenters. The number of fused-ring (bicyclic) bond motifs is 1. The second-order valence-corrected chi connectivity index (χ2v) is 6.09. The third-order valence-electron chi connectivity index (χ3n) is 3.53. The van der Waals surface area contributed by atoms with Gasteiger partial charge in [0, 0.05) is 0 Å². The fraction of sp³-hybridized carbons (Fsp3) is 0.176. The van der Waals surface area contributed by atoms with E-state index in [4.69, 9.17) is 4.74 Å². The number of benzene rings is 2. The standard InChI is InChI=1S/C17H14F2N2O2S/c1-23-14-8-11(6-7-15(14)24-17(18)19)9-21-10-20-13-5-3-2-4-12(13)16(21)22/h2-8,10,17H,9H2,1H3. The van der Waals surface area contributed by atoms with E-state index in [1.54, 1.807) is 36.4 Å². The van der Waals surface area contributed by atoms with Gasteiger partial charge < -0.3 is 4.74 Å². The van der Waals surface area contributed by atoms with Gasteiger partial charge in [0.1, 0.15) is 5.75 Å². The van der Waals surface area contributed by atoms with Crippen molar-refractivity contribution >= 4 is 22.7 Å². The van der Waals surface area contributed by atoms with Crippen LogP contribution in [0.3, 0.4) is 0 Å². The minimum Gasteiger partial charge on any atom is -0.496 e. The Kier molecular flexibility index (Phi) is 4.80. The lowest BCUT2D eigenvalue weighted by Crippen LogP contribution is -2.21. The van der Waals surface area contributed by atoms with E-state index < -0.39 is 5.76 Å². The molecule has 0 bridgehead atoms. The first kappa shape index (κ1) is 16.4.